The van der Waals surface area contributed by atoms with E-state index >= 15 is 0 Å². The summed E-state index contributed by atoms with van der Waals surface area (Å²) in [4.78, 5) is 11.0. The standard InChI is InChI=1S/C22H38O2/c1-4-5-12-19(2)13-10-15-21-17-11-16-20(21)14-8-6-7-9-18-22(23)24-3/h6,8,10,15,19-21H,4-5,7,9,11-14,16-18H2,1-3H3/t19?,20-,21-/m0/s1. The molecule has 0 aromatic heterocycles. The lowest BCUT2D eigenvalue weighted by Crippen LogP contribution is -2.04. The Balaban J connectivity index is 2.21. The van der Waals surface area contributed by atoms with Crippen LogP contribution in [0.1, 0.15) is 84.5 Å². The molecule has 2 heteroatoms. The molecule has 3 atom stereocenters. The molecular formula is C22H38O2. The van der Waals surface area contributed by atoms with Gasteiger partial charge in [0.15, 0.2) is 0 Å². The van der Waals surface area contributed by atoms with Crippen LogP contribution in [0, 0.1) is 17.8 Å². The van der Waals surface area contributed by atoms with Crippen molar-refractivity contribution in [3.05, 3.63) is 24.3 Å². The largest absolute Gasteiger partial charge is 0.469 e. The predicted octanol–water partition coefficient (Wildman–Crippen LogP) is 6.46. The van der Waals surface area contributed by atoms with Crippen molar-refractivity contribution in [1.29, 1.82) is 0 Å². The third-order valence-electron chi connectivity index (χ3n) is 5.27. The highest BCUT2D eigenvalue weighted by Crippen LogP contribution is 2.35. The maximum atomic E-state index is 11.0. The van der Waals surface area contributed by atoms with Gasteiger partial charge in [0.2, 0.25) is 0 Å². The van der Waals surface area contributed by atoms with Gasteiger partial charge in [-0.25, -0.2) is 0 Å². The van der Waals surface area contributed by atoms with Crippen LogP contribution in [0.3, 0.4) is 0 Å². The van der Waals surface area contributed by atoms with Crippen LogP contribution in [0.2, 0.25) is 0 Å². The van der Waals surface area contributed by atoms with Crippen molar-refractivity contribution in [3.63, 3.8) is 0 Å². The number of unbranched alkanes of at least 4 members (excludes halogenated alkanes) is 2. The van der Waals surface area contributed by atoms with Gasteiger partial charge in [0, 0.05) is 6.42 Å². The second-order valence-corrected chi connectivity index (χ2v) is 7.44. The molecular weight excluding hydrogens is 296 g/mol. The van der Waals surface area contributed by atoms with E-state index in [-0.39, 0.29) is 5.97 Å². The van der Waals surface area contributed by atoms with Gasteiger partial charge < -0.3 is 4.74 Å². The number of methoxy groups -OCH3 is 1. The zero-order valence-electron chi connectivity index (χ0n) is 16.1. The van der Waals surface area contributed by atoms with Crippen molar-refractivity contribution in [1.82, 2.24) is 0 Å². The topological polar surface area (TPSA) is 26.3 Å². The zero-order valence-corrected chi connectivity index (χ0v) is 16.1. The van der Waals surface area contributed by atoms with Crippen molar-refractivity contribution in [3.8, 4) is 0 Å². The first-order valence-electron chi connectivity index (χ1n) is 10.1. The molecule has 1 unspecified atom stereocenters. The lowest BCUT2D eigenvalue weighted by molar-refractivity contribution is -0.140. The summed E-state index contributed by atoms with van der Waals surface area (Å²) in [6.45, 7) is 4.65. The Bertz CT molecular complexity index is 383. The van der Waals surface area contributed by atoms with E-state index in [1.54, 1.807) is 0 Å². The van der Waals surface area contributed by atoms with E-state index in [0.717, 1.165) is 30.6 Å². The fourth-order valence-electron chi connectivity index (χ4n) is 3.62. The van der Waals surface area contributed by atoms with Crippen LogP contribution in [-0.2, 0) is 9.53 Å². The van der Waals surface area contributed by atoms with Gasteiger partial charge in [-0.05, 0) is 56.3 Å². The average Bonchev–Trinajstić information content (AvgIpc) is 3.03. The van der Waals surface area contributed by atoms with Gasteiger partial charge in [-0.1, -0.05) is 63.8 Å². The highest BCUT2D eigenvalue weighted by atomic mass is 16.5. The molecule has 1 rings (SSSR count). The molecule has 0 heterocycles. The molecule has 138 valence electrons. The van der Waals surface area contributed by atoms with Gasteiger partial charge in [0.1, 0.15) is 0 Å². The molecule has 0 N–H and O–H groups in total. The van der Waals surface area contributed by atoms with Gasteiger partial charge in [-0.3, -0.25) is 4.79 Å². The first kappa shape index (κ1) is 21.0. The van der Waals surface area contributed by atoms with Crippen LogP contribution in [0.15, 0.2) is 24.3 Å². The Labute approximate surface area is 149 Å². The summed E-state index contributed by atoms with van der Waals surface area (Å²) < 4.78 is 4.66. The summed E-state index contributed by atoms with van der Waals surface area (Å²) in [5.41, 5.74) is 0. The normalized spacial score (nSPS) is 22.5. The average molecular weight is 335 g/mol. The van der Waals surface area contributed by atoms with Crippen LogP contribution in [0.4, 0.5) is 0 Å². The van der Waals surface area contributed by atoms with Gasteiger partial charge in [0.05, 0.1) is 7.11 Å². The first-order valence-corrected chi connectivity index (χ1v) is 10.1. The molecule has 1 aliphatic carbocycles. The Morgan fingerprint density at radius 3 is 2.79 bits per heavy atom. The summed E-state index contributed by atoms with van der Waals surface area (Å²) >= 11 is 0. The molecule has 1 saturated carbocycles. The van der Waals surface area contributed by atoms with Crippen molar-refractivity contribution in [2.45, 2.75) is 84.5 Å². The van der Waals surface area contributed by atoms with Crippen molar-refractivity contribution in [2.24, 2.45) is 17.8 Å². The summed E-state index contributed by atoms with van der Waals surface area (Å²) in [7, 11) is 1.45. The highest BCUT2D eigenvalue weighted by Gasteiger charge is 2.23. The fourth-order valence-corrected chi connectivity index (χ4v) is 3.62. The molecule has 0 radical (unpaired) electrons. The number of ether oxygens (including phenoxy) is 1. The van der Waals surface area contributed by atoms with Crippen LogP contribution in [0.5, 0.6) is 0 Å². The van der Waals surface area contributed by atoms with Crippen LogP contribution in [0.25, 0.3) is 0 Å². The molecule has 0 aliphatic heterocycles. The minimum Gasteiger partial charge on any atom is -0.469 e. The van der Waals surface area contributed by atoms with E-state index in [1.165, 1.54) is 58.5 Å². The molecule has 1 aliphatic rings. The van der Waals surface area contributed by atoms with E-state index in [1.807, 2.05) is 0 Å². The minimum atomic E-state index is -0.0995. The predicted molar refractivity (Wildman–Crippen MR) is 103 cm³/mol. The Hall–Kier alpha value is -1.05. The van der Waals surface area contributed by atoms with Crippen molar-refractivity contribution in [2.75, 3.05) is 7.11 Å². The second-order valence-electron chi connectivity index (χ2n) is 7.44. The quantitative estimate of drug-likeness (QED) is 0.232. The maximum Gasteiger partial charge on any atom is 0.305 e. The number of hydrogen-bond acceptors (Lipinski definition) is 2. The highest BCUT2D eigenvalue weighted by molar-refractivity contribution is 5.69. The summed E-state index contributed by atoms with van der Waals surface area (Å²) in [6.07, 6.45) is 22.5. The second kappa shape index (κ2) is 13.3. The lowest BCUT2D eigenvalue weighted by atomic mass is 9.91. The zero-order chi connectivity index (χ0) is 17.6. The lowest BCUT2D eigenvalue weighted by Gasteiger charge is -2.14. The molecule has 0 saturated heterocycles. The minimum absolute atomic E-state index is 0.0995. The SMILES string of the molecule is CCCCC(C)CC=C[C@H]1CCC[C@@H]1CC=CCCCC(=O)OC. The van der Waals surface area contributed by atoms with Gasteiger partial charge >= 0.3 is 5.97 Å². The third-order valence-corrected chi connectivity index (χ3v) is 5.27. The van der Waals surface area contributed by atoms with Crippen LogP contribution in [-0.4, -0.2) is 13.1 Å². The molecule has 1 fully saturated rings. The van der Waals surface area contributed by atoms with Gasteiger partial charge in [0.25, 0.3) is 0 Å². The molecule has 0 bridgehead atoms. The smallest absolute Gasteiger partial charge is 0.305 e. The van der Waals surface area contributed by atoms with Gasteiger partial charge in [-0.2, -0.15) is 0 Å². The summed E-state index contributed by atoms with van der Waals surface area (Å²) in [5, 5.41) is 0. The van der Waals surface area contributed by atoms with E-state index in [4.69, 9.17) is 0 Å². The monoisotopic (exact) mass is 334 g/mol. The Morgan fingerprint density at radius 1 is 1.21 bits per heavy atom. The Kier molecular flexibility index (Phi) is 11.6. The number of rotatable bonds is 12. The third kappa shape index (κ3) is 9.30. The van der Waals surface area contributed by atoms with E-state index in [2.05, 4.69) is 42.9 Å². The molecule has 2 nitrogen and oxygen atoms in total. The number of carbonyl (C=O) groups is 1. The maximum absolute atomic E-state index is 11.0. The van der Waals surface area contributed by atoms with E-state index in [9.17, 15) is 4.79 Å². The van der Waals surface area contributed by atoms with E-state index < -0.39 is 0 Å². The molecule has 0 aromatic carbocycles. The Morgan fingerprint density at radius 2 is 2.04 bits per heavy atom. The number of carbonyl (C=O) groups excluding carboxylic acids is 1. The first-order chi connectivity index (χ1) is 11.7. The number of esters is 1. The van der Waals surface area contributed by atoms with E-state index in [0.29, 0.717) is 6.42 Å². The molecule has 0 spiro atoms. The molecule has 0 aromatic rings. The molecule has 24 heavy (non-hydrogen) atoms. The summed E-state index contributed by atoms with van der Waals surface area (Å²) in [5.74, 6) is 2.33. The number of allylic oxidation sites excluding steroid dienone is 4. The van der Waals surface area contributed by atoms with Crippen LogP contribution >= 0.6 is 0 Å². The van der Waals surface area contributed by atoms with Crippen molar-refractivity contribution >= 4 is 5.97 Å². The number of hydrogen-bond donors (Lipinski definition) is 0. The van der Waals surface area contributed by atoms with Crippen molar-refractivity contribution < 1.29 is 9.53 Å². The van der Waals surface area contributed by atoms with Gasteiger partial charge in [-0.15, -0.1) is 0 Å². The molecule has 0 amide bonds. The van der Waals surface area contributed by atoms with Crippen LogP contribution < -0.4 is 0 Å². The fraction of sp³-hybridized carbons (Fsp3) is 0.773. The summed E-state index contributed by atoms with van der Waals surface area (Å²) in [6, 6.07) is 0.